The van der Waals surface area contributed by atoms with Crippen LogP contribution in [0.3, 0.4) is 0 Å². The third-order valence-corrected chi connectivity index (χ3v) is 5.40. The normalized spacial score (nSPS) is 11.9. The first-order valence-corrected chi connectivity index (χ1v) is 9.49. The van der Waals surface area contributed by atoms with Gasteiger partial charge in [-0.3, -0.25) is 0 Å². The molecule has 1 aliphatic heterocycles. The maximum atomic E-state index is 6.28. The van der Waals surface area contributed by atoms with Gasteiger partial charge in [0.1, 0.15) is 11.5 Å². The Hall–Kier alpha value is -1.85. The molecular weight excluding hydrogens is 354 g/mol. The van der Waals surface area contributed by atoms with E-state index < -0.39 is 0 Å². The SMILES string of the molecule is NCCCOCc1scc2c1-c1cc(Cl)ccc1Oc1ccccc1-2. The molecule has 0 fully saturated rings. The predicted molar refractivity (Wildman–Crippen MR) is 104 cm³/mol. The molecule has 0 bridgehead atoms. The Balaban J connectivity index is 1.84. The van der Waals surface area contributed by atoms with Crippen molar-refractivity contribution in [2.75, 3.05) is 13.2 Å². The zero-order chi connectivity index (χ0) is 17.2. The number of nitrogens with two attached hydrogens (primary N) is 1. The van der Waals surface area contributed by atoms with Crippen LogP contribution in [0, 0.1) is 0 Å². The molecule has 0 aliphatic carbocycles. The van der Waals surface area contributed by atoms with Crippen LogP contribution in [0.25, 0.3) is 22.3 Å². The van der Waals surface area contributed by atoms with Gasteiger partial charge >= 0.3 is 0 Å². The van der Waals surface area contributed by atoms with Crippen molar-refractivity contribution in [1.82, 2.24) is 0 Å². The number of halogens is 1. The lowest BCUT2D eigenvalue weighted by Gasteiger charge is -2.10. The number of hydrogen-bond acceptors (Lipinski definition) is 4. The van der Waals surface area contributed by atoms with Gasteiger partial charge < -0.3 is 15.2 Å². The molecule has 4 rings (SSSR count). The third-order valence-electron chi connectivity index (χ3n) is 4.20. The van der Waals surface area contributed by atoms with E-state index in [9.17, 15) is 0 Å². The van der Waals surface area contributed by atoms with Crippen LogP contribution in [0.15, 0.2) is 47.8 Å². The van der Waals surface area contributed by atoms with Crippen LogP contribution < -0.4 is 10.5 Å². The molecule has 0 spiro atoms. The van der Waals surface area contributed by atoms with E-state index in [0.29, 0.717) is 24.8 Å². The van der Waals surface area contributed by atoms with E-state index in [2.05, 4.69) is 11.4 Å². The summed E-state index contributed by atoms with van der Waals surface area (Å²) in [5.41, 5.74) is 9.97. The van der Waals surface area contributed by atoms with E-state index in [1.165, 1.54) is 10.4 Å². The highest BCUT2D eigenvalue weighted by molar-refractivity contribution is 7.11. The van der Waals surface area contributed by atoms with Crippen LogP contribution in [0.2, 0.25) is 5.02 Å². The summed E-state index contributed by atoms with van der Waals surface area (Å²) < 4.78 is 12.0. The minimum atomic E-state index is 0.564. The fourth-order valence-corrected chi connectivity index (χ4v) is 4.20. The largest absolute Gasteiger partial charge is 0.456 e. The Morgan fingerprint density at radius 2 is 1.88 bits per heavy atom. The number of rotatable bonds is 5. The summed E-state index contributed by atoms with van der Waals surface area (Å²) in [7, 11) is 0. The van der Waals surface area contributed by atoms with Crippen molar-refractivity contribution in [3.05, 3.63) is 57.7 Å². The highest BCUT2D eigenvalue weighted by Crippen LogP contribution is 2.50. The molecule has 128 valence electrons. The highest BCUT2D eigenvalue weighted by atomic mass is 35.5. The second-order valence-electron chi connectivity index (χ2n) is 5.88. The monoisotopic (exact) mass is 371 g/mol. The molecule has 5 heteroatoms. The van der Waals surface area contributed by atoms with E-state index in [-0.39, 0.29) is 0 Å². The summed E-state index contributed by atoms with van der Waals surface area (Å²) in [6, 6.07) is 13.9. The average Bonchev–Trinajstić information content (AvgIpc) is 2.98. The summed E-state index contributed by atoms with van der Waals surface area (Å²) in [4.78, 5) is 1.18. The molecule has 0 atom stereocenters. The fraction of sp³-hybridized carbons (Fsp3) is 0.200. The minimum absolute atomic E-state index is 0.564. The van der Waals surface area contributed by atoms with Gasteiger partial charge in [0.25, 0.3) is 0 Å². The first-order valence-electron chi connectivity index (χ1n) is 8.23. The Morgan fingerprint density at radius 3 is 2.76 bits per heavy atom. The number of fused-ring (bicyclic) bond motifs is 5. The van der Waals surface area contributed by atoms with Crippen molar-refractivity contribution in [2.45, 2.75) is 13.0 Å². The van der Waals surface area contributed by atoms with Gasteiger partial charge in [-0.25, -0.2) is 0 Å². The zero-order valence-electron chi connectivity index (χ0n) is 13.6. The number of benzene rings is 2. The first-order chi connectivity index (χ1) is 12.3. The number of hydrogen-bond donors (Lipinski definition) is 1. The van der Waals surface area contributed by atoms with Crippen molar-refractivity contribution in [1.29, 1.82) is 0 Å². The minimum Gasteiger partial charge on any atom is -0.456 e. The lowest BCUT2D eigenvalue weighted by molar-refractivity contribution is 0.122. The predicted octanol–water partition coefficient (Wildman–Crippen LogP) is 5.71. The maximum absolute atomic E-state index is 6.28. The van der Waals surface area contributed by atoms with E-state index in [4.69, 9.17) is 26.8 Å². The van der Waals surface area contributed by atoms with Gasteiger partial charge in [0.05, 0.1) is 6.61 Å². The van der Waals surface area contributed by atoms with Crippen molar-refractivity contribution in [2.24, 2.45) is 5.73 Å². The van der Waals surface area contributed by atoms with Crippen molar-refractivity contribution in [3.8, 4) is 33.8 Å². The standard InChI is InChI=1S/C20H18ClNO2S/c21-13-6-7-18-15(10-13)20-16(14-4-1-2-5-17(14)24-18)12-25-19(20)11-23-9-3-8-22/h1-2,4-7,10,12H,3,8-9,11,22H2. The lowest BCUT2D eigenvalue weighted by atomic mass is 9.97. The van der Waals surface area contributed by atoms with Crippen LogP contribution in [0.4, 0.5) is 0 Å². The van der Waals surface area contributed by atoms with Crippen molar-refractivity contribution < 1.29 is 9.47 Å². The number of ether oxygens (including phenoxy) is 2. The van der Waals surface area contributed by atoms with Crippen molar-refractivity contribution >= 4 is 22.9 Å². The highest BCUT2D eigenvalue weighted by Gasteiger charge is 2.24. The molecule has 2 N–H and O–H groups in total. The molecule has 25 heavy (non-hydrogen) atoms. The van der Waals surface area contributed by atoms with Gasteiger partial charge in [-0.15, -0.1) is 11.3 Å². The molecule has 1 aromatic heterocycles. The number of thiophene rings is 1. The topological polar surface area (TPSA) is 44.5 Å². The molecule has 3 aromatic rings. The van der Waals surface area contributed by atoms with Crippen LogP contribution in [0.1, 0.15) is 11.3 Å². The molecule has 0 unspecified atom stereocenters. The Kier molecular flexibility index (Phi) is 4.77. The van der Waals surface area contributed by atoms with Gasteiger partial charge in [0.15, 0.2) is 0 Å². The molecule has 0 radical (unpaired) electrons. The van der Waals surface area contributed by atoms with E-state index in [1.54, 1.807) is 11.3 Å². The summed E-state index contributed by atoms with van der Waals surface area (Å²) in [5, 5.41) is 2.87. The second kappa shape index (κ2) is 7.18. The summed E-state index contributed by atoms with van der Waals surface area (Å²) in [6.07, 6.45) is 0.863. The smallest absolute Gasteiger partial charge is 0.135 e. The van der Waals surface area contributed by atoms with Gasteiger partial charge in [0.2, 0.25) is 0 Å². The summed E-state index contributed by atoms with van der Waals surface area (Å²) in [5.74, 6) is 1.68. The Labute approximate surface area is 156 Å². The van der Waals surface area contributed by atoms with Gasteiger partial charge in [-0.05, 0) is 42.6 Å². The quantitative estimate of drug-likeness (QED) is 0.457. The lowest BCUT2D eigenvalue weighted by Crippen LogP contribution is -2.04. The second-order valence-corrected chi connectivity index (χ2v) is 7.28. The molecular formula is C20H18ClNO2S. The first kappa shape index (κ1) is 16.6. The number of para-hydroxylation sites is 1. The van der Waals surface area contributed by atoms with Crippen LogP contribution >= 0.6 is 22.9 Å². The van der Waals surface area contributed by atoms with Gasteiger partial charge in [-0.2, -0.15) is 0 Å². The fourth-order valence-electron chi connectivity index (χ4n) is 3.03. The maximum Gasteiger partial charge on any atom is 0.135 e. The molecule has 3 nitrogen and oxygen atoms in total. The molecule has 0 saturated heterocycles. The van der Waals surface area contributed by atoms with Crippen LogP contribution in [0.5, 0.6) is 11.5 Å². The van der Waals surface area contributed by atoms with E-state index >= 15 is 0 Å². The van der Waals surface area contributed by atoms with Gasteiger partial charge in [-0.1, -0.05) is 29.8 Å². The van der Waals surface area contributed by atoms with Crippen LogP contribution in [-0.2, 0) is 11.3 Å². The summed E-state index contributed by atoms with van der Waals surface area (Å²) >= 11 is 7.99. The average molecular weight is 372 g/mol. The molecule has 2 aromatic carbocycles. The summed E-state index contributed by atoms with van der Waals surface area (Å²) in [6.45, 7) is 1.87. The Morgan fingerprint density at radius 1 is 1.04 bits per heavy atom. The van der Waals surface area contributed by atoms with Crippen LogP contribution in [-0.4, -0.2) is 13.2 Å². The zero-order valence-corrected chi connectivity index (χ0v) is 15.2. The molecule has 0 amide bonds. The molecule has 2 heterocycles. The van der Waals surface area contributed by atoms with E-state index in [1.807, 2.05) is 36.4 Å². The van der Waals surface area contributed by atoms with Gasteiger partial charge in [0, 0.05) is 38.8 Å². The van der Waals surface area contributed by atoms with Crippen molar-refractivity contribution in [3.63, 3.8) is 0 Å². The Bertz CT molecular complexity index is 906. The molecule has 1 aliphatic rings. The molecule has 0 saturated carbocycles. The van der Waals surface area contributed by atoms with E-state index in [0.717, 1.165) is 34.6 Å². The third kappa shape index (κ3) is 3.18.